The van der Waals surface area contributed by atoms with Gasteiger partial charge in [0.2, 0.25) is 0 Å². The summed E-state index contributed by atoms with van der Waals surface area (Å²) in [6.07, 6.45) is 2.49. The van der Waals surface area contributed by atoms with E-state index in [2.05, 4.69) is 50.8 Å². The first-order valence-corrected chi connectivity index (χ1v) is 6.32. The van der Waals surface area contributed by atoms with Crippen LogP contribution in [-0.2, 0) is 6.54 Å². The van der Waals surface area contributed by atoms with E-state index in [1.54, 1.807) is 0 Å². The Hall–Kier alpha value is -0.380. The first-order valence-electron chi connectivity index (χ1n) is 5.53. The zero-order valence-corrected chi connectivity index (χ0v) is 10.4. The lowest BCUT2D eigenvalue weighted by molar-refractivity contribution is 0.386. The van der Waals surface area contributed by atoms with Gasteiger partial charge < -0.3 is 10.6 Å². The molecule has 0 bridgehead atoms. The third-order valence-corrected chi connectivity index (χ3v) is 3.32. The molecule has 2 N–H and O–H groups in total. The van der Waals surface area contributed by atoms with Crippen LogP contribution in [0.15, 0.2) is 28.7 Å². The second-order valence-electron chi connectivity index (χ2n) is 4.04. The van der Waals surface area contributed by atoms with Crippen molar-refractivity contribution in [3.05, 3.63) is 34.3 Å². The summed E-state index contributed by atoms with van der Waals surface area (Å²) in [5.41, 5.74) is 1.35. The van der Waals surface area contributed by atoms with Crippen LogP contribution in [0.1, 0.15) is 18.4 Å². The minimum absolute atomic E-state index is 0.685. The number of piperidine rings is 1. The fraction of sp³-hybridized carbons (Fsp3) is 0.500. The average Bonchev–Trinajstić information content (AvgIpc) is 2.28. The topological polar surface area (TPSA) is 24.1 Å². The van der Waals surface area contributed by atoms with Crippen molar-refractivity contribution in [2.45, 2.75) is 25.4 Å². The van der Waals surface area contributed by atoms with Crippen LogP contribution in [0, 0.1) is 0 Å². The Bertz CT molecular complexity index is 308. The van der Waals surface area contributed by atoms with E-state index in [-0.39, 0.29) is 0 Å². The highest BCUT2D eigenvalue weighted by Gasteiger charge is 2.11. The molecule has 0 amide bonds. The molecule has 1 saturated heterocycles. The van der Waals surface area contributed by atoms with Gasteiger partial charge in [0.25, 0.3) is 0 Å². The SMILES string of the molecule is Brc1cccc(CNC2CCNCC2)c1. The van der Waals surface area contributed by atoms with Crippen LogP contribution in [0.5, 0.6) is 0 Å². The van der Waals surface area contributed by atoms with Gasteiger partial charge in [-0.3, -0.25) is 0 Å². The van der Waals surface area contributed by atoms with Gasteiger partial charge in [0.15, 0.2) is 0 Å². The Labute approximate surface area is 99.6 Å². The number of nitrogens with one attached hydrogen (secondary N) is 2. The lowest BCUT2D eigenvalue weighted by Gasteiger charge is -2.23. The van der Waals surface area contributed by atoms with Crippen LogP contribution in [-0.4, -0.2) is 19.1 Å². The van der Waals surface area contributed by atoms with Crippen molar-refractivity contribution in [3.63, 3.8) is 0 Å². The molecule has 1 aromatic carbocycles. The largest absolute Gasteiger partial charge is 0.317 e. The van der Waals surface area contributed by atoms with E-state index < -0.39 is 0 Å². The lowest BCUT2D eigenvalue weighted by Crippen LogP contribution is -2.39. The van der Waals surface area contributed by atoms with Crippen LogP contribution in [0.3, 0.4) is 0 Å². The van der Waals surface area contributed by atoms with E-state index in [0.29, 0.717) is 6.04 Å². The predicted molar refractivity (Wildman–Crippen MR) is 66.9 cm³/mol. The molecule has 15 heavy (non-hydrogen) atoms. The van der Waals surface area contributed by atoms with Gasteiger partial charge in [-0.05, 0) is 43.6 Å². The molecule has 82 valence electrons. The highest BCUT2D eigenvalue weighted by Crippen LogP contribution is 2.12. The van der Waals surface area contributed by atoms with Gasteiger partial charge in [-0.15, -0.1) is 0 Å². The molecule has 1 fully saturated rings. The number of hydrogen-bond acceptors (Lipinski definition) is 2. The van der Waals surface area contributed by atoms with Gasteiger partial charge in [0.1, 0.15) is 0 Å². The molecule has 2 nitrogen and oxygen atoms in total. The molecule has 3 heteroatoms. The maximum atomic E-state index is 3.60. The second kappa shape index (κ2) is 5.64. The molecule has 0 atom stereocenters. The molecule has 1 aliphatic rings. The van der Waals surface area contributed by atoms with Gasteiger partial charge in [-0.2, -0.15) is 0 Å². The highest BCUT2D eigenvalue weighted by atomic mass is 79.9. The fourth-order valence-corrected chi connectivity index (χ4v) is 2.38. The monoisotopic (exact) mass is 268 g/mol. The number of halogens is 1. The summed E-state index contributed by atoms with van der Waals surface area (Å²) in [4.78, 5) is 0. The van der Waals surface area contributed by atoms with Crippen LogP contribution in [0.2, 0.25) is 0 Å². The van der Waals surface area contributed by atoms with Crippen LogP contribution in [0.25, 0.3) is 0 Å². The summed E-state index contributed by atoms with van der Waals surface area (Å²) >= 11 is 3.49. The van der Waals surface area contributed by atoms with Gasteiger partial charge in [-0.1, -0.05) is 28.1 Å². The standard InChI is InChI=1S/C12H17BrN2/c13-11-3-1-2-10(8-11)9-15-12-4-6-14-7-5-12/h1-3,8,12,14-15H,4-7,9H2. The first kappa shape index (κ1) is 11.1. The summed E-state index contributed by atoms with van der Waals surface area (Å²) in [7, 11) is 0. The van der Waals surface area contributed by atoms with E-state index in [9.17, 15) is 0 Å². The molecular formula is C12H17BrN2. The molecule has 0 aromatic heterocycles. The zero-order chi connectivity index (χ0) is 10.5. The van der Waals surface area contributed by atoms with E-state index in [0.717, 1.165) is 24.1 Å². The van der Waals surface area contributed by atoms with Crippen LogP contribution >= 0.6 is 15.9 Å². The Kier molecular flexibility index (Phi) is 4.18. The molecule has 0 aliphatic carbocycles. The molecule has 0 saturated carbocycles. The highest BCUT2D eigenvalue weighted by molar-refractivity contribution is 9.10. The summed E-state index contributed by atoms with van der Waals surface area (Å²) in [6, 6.07) is 9.18. The second-order valence-corrected chi connectivity index (χ2v) is 4.95. The van der Waals surface area contributed by atoms with Gasteiger partial charge >= 0.3 is 0 Å². The van der Waals surface area contributed by atoms with Crippen molar-refractivity contribution in [2.24, 2.45) is 0 Å². The minimum atomic E-state index is 0.685. The Balaban J connectivity index is 1.81. The normalized spacial score (nSPS) is 17.9. The van der Waals surface area contributed by atoms with Crippen molar-refractivity contribution >= 4 is 15.9 Å². The van der Waals surface area contributed by atoms with Gasteiger partial charge in [-0.25, -0.2) is 0 Å². The van der Waals surface area contributed by atoms with E-state index in [1.165, 1.54) is 18.4 Å². The van der Waals surface area contributed by atoms with E-state index in [4.69, 9.17) is 0 Å². The first-order chi connectivity index (χ1) is 7.34. The molecule has 1 aromatic rings. The van der Waals surface area contributed by atoms with E-state index in [1.807, 2.05) is 0 Å². The van der Waals surface area contributed by atoms with Crippen molar-refractivity contribution < 1.29 is 0 Å². The Morgan fingerprint density at radius 2 is 2.13 bits per heavy atom. The van der Waals surface area contributed by atoms with Crippen LogP contribution < -0.4 is 10.6 Å². The third-order valence-electron chi connectivity index (χ3n) is 2.82. The van der Waals surface area contributed by atoms with Gasteiger partial charge in [0.05, 0.1) is 0 Å². The summed E-state index contributed by atoms with van der Waals surface area (Å²) in [5.74, 6) is 0. The van der Waals surface area contributed by atoms with Crippen molar-refractivity contribution in [1.82, 2.24) is 10.6 Å². The Morgan fingerprint density at radius 1 is 1.33 bits per heavy atom. The molecule has 1 heterocycles. The number of rotatable bonds is 3. The molecular weight excluding hydrogens is 252 g/mol. The van der Waals surface area contributed by atoms with Crippen LogP contribution in [0.4, 0.5) is 0 Å². The molecule has 1 aliphatic heterocycles. The van der Waals surface area contributed by atoms with Crippen molar-refractivity contribution in [2.75, 3.05) is 13.1 Å². The fourth-order valence-electron chi connectivity index (χ4n) is 1.94. The van der Waals surface area contributed by atoms with Crippen molar-refractivity contribution in [1.29, 1.82) is 0 Å². The van der Waals surface area contributed by atoms with Crippen molar-refractivity contribution in [3.8, 4) is 0 Å². The zero-order valence-electron chi connectivity index (χ0n) is 8.80. The predicted octanol–water partition coefficient (Wildman–Crippen LogP) is 2.29. The molecule has 2 rings (SSSR count). The number of hydrogen-bond donors (Lipinski definition) is 2. The third kappa shape index (κ3) is 3.59. The molecule has 0 unspecified atom stereocenters. The van der Waals surface area contributed by atoms with E-state index >= 15 is 0 Å². The lowest BCUT2D eigenvalue weighted by atomic mass is 10.1. The summed E-state index contributed by atoms with van der Waals surface area (Å²) < 4.78 is 1.16. The smallest absolute Gasteiger partial charge is 0.0208 e. The number of benzene rings is 1. The maximum absolute atomic E-state index is 3.60. The molecule has 0 radical (unpaired) electrons. The average molecular weight is 269 g/mol. The molecule has 0 spiro atoms. The summed E-state index contributed by atoms with van der Waals surface area (Å²) in [5, 5.41) is 6.98. The summed E-state index contributed by atoms with van der Waals surface area (Å²) in [6.45, 7) is 3.27. The maximum Gasteiger partial charge on any atom is 0.0208 e. The minimum Gasteiger partial charge on any atom is -0.317 e. The quantitative estimate of drug-likeness (QED) is 0.879. The Morgan fingerprint density at radius 3 is 2.87 bits per heavy atom. The van der Waals surface area contributed by atoms with Gasteiger partial charge in [0, 0.05) is 17.1 Å².